The van der Waals surface area contributed by atoms with E-state index in [0.29, 0.717) is 13.2 Å². The largest absolute Gasteiger partial charge is 0.486 e. The van der Waals surface area contributed by atoms with E-state index in [0.717, 1.165) is 22.7 Å². The second kappa shape index (κ2) is 6.07. The molecule has 0 bridgehead atoms. The molecule has 1 aromatic carbocycles. The molecule has 19 heavy (non-hydrogen) atoms. The average molecular weight is 255 g/mol. The molecule has 0 aliphatic rings. The molecular formula is C15H17N3O. The monoisotopic (exact) mass is 255 g/mol. The van der Waals surface area contributed by atoms with Crippen molar-refractivity contribution in [2.45, 2.75) is 13.5 Å². The molecule has 1 aromatic heterocycles. The maximum absolute atomic E-state index is 5.81. The Balaban J connectivity index is 2.13. The summed E-state index contributed by atoms with van der Waals surface area (Å²) in [5, 5.41) is 4.29. The van der Waals surface area contributed by atoms with Crippen molar-refractivity contribution in [1.29, 1.82) is 0 Å². The van der Waals surface area contributed by atoms with Crippen molar-refractivity contribution in [3.05, 3.63) is 47.3 Å². The lowest BCUT2D eigenvalue weighted by atomic mass is 10.2. The summed E-state index contributed by atoms with van der Waals surface area (Å²) in [6.45, 7) is 2.78. The summed E-state index contributed by atoms with van der Waals surface area (Å²) < 4.78 is 7.63. The number of para-hydroxylation sites is 1. The van der Waals surface area contributed by atoms with Crippen molar-refractivity contribution in [3.63, 3.8) is 0 Å². The molecule has 0 aliphatic carbocycles. The molecule has 0 saturated heterocycles. The van der Waals surface area contributed by atoms with E-state index in [1.54, 1.807) is 0 Å². The van der Waals surface area contributed by atoms with Crippen LogP contribution in [0.5, 0.6) is 5.75 Å². The Labute approximate surface area is 113 Å². The minimum Gasteiger partial charge on any atom is -0.486 e. The van der Waals surface area contributed by atoms with E-state index in [-0.39, 0.29) is 0 Å². The number of nitrogens with two attached hydrogens (primary N) is 1. The van der Waals surface area contributed by atoms with Gasteiger partial charge < -0.3 is 10.5 Å². The van der Waals surface area contributed by atoms with Gasteiger partial charge in [0.1, 0.15) is 12.4 Å². The molecule has 4 nitrogen and oxygen atoms in total. The highest BCUT2D eigenvalue weighted by molar-refractivity contribution is 5.46. The number of aromatic nitrogens is 2. The van der Waals surface area contributed by atoms with E-state index in [2.05, 4.69) is 16.9 Å². The lowest BCUT2D eigenvalue weighted by molar-refractivity contribution is 0.294. The molecule has 0 amide bonds. The van der Waals surface area contributed by atoms with Crippen molar-refractivity contribution < 1.29 is 4.74 Å². The lowest BCUT2D eigenvalue weighted by Gasteiger charge is -2.08. The normalized spacial score (nSPS) is 9.84. The fourth-order valence-corrected chi connectivity index (χ4v) is 1.79. The van der Waals surface area contributed by atoms with Crippen molar-refractivity contribution in [3.8, 4) is 17.6 Å². The number of ether oxygens (including phenoxy) is 1. The number of rotatable bonds is 3. The van der Waals surface area contributed by atoms with Crippen LogP contribution in [-0.4, -0.2) is 16.3 Å². The minimum atomic E-state index is 0.343. The maximum Gasteiger partial charge on any atom is 0.135 e. The van der Waals surface area contributed by atoms with Crippen LogP contribution >= 0.6 is 0 Å². The van der Waals surface area contributed by atoms with Gasteiger partial charge in [-0.1, -0.05) is 24.0 Å². The van der Waals surface area contributed by atoms with Crippen LogP contribution in [0.1, 0.15) is 17.0 Å². The first-order valence-electron chi connectivity index (χ1n) is 6.11. The van der Waals surface area contributed by atoms with Crippen molar-refractivity contribution in [2.24, 2.45) is 12.8 Å². The fourth-order valence-electron chi connectivity index (χ4n) is 1.79. The average Bonchev–Trinajstić information content (AvgIpc) is 2.73. The van der Waals surface area contributed by atoms with Gasteiger partial charge in [0.2, 0.25) is 0 Å². The minimum absolute atomic E-state index is 0.343. The van der Waals surface area contributed by atoms with Crippen molar-refractivity contribution in [1.82, 2.24) is 9.78 Å². The Hall–Kier alpha value is -2.25. The molecule has 0 aliphatic heterocycles. The Kier molecular flexibility index (Phi) is 4.22. The van der Waals surface area contributed by atoms with Gasteiger partial charge in [-0.15, -0.1) is 0 Å². The molecule has 98 valence electrons. The Bertz CT molecular complexity index is 620. The van der Waals surface area contributed by atoms with Gasteiger partial charge in [0.25, 0.3) is 0 Å². The van der Waals surface area contributed by atoms with E-state index in [1.165, 1.54) is 0 Å². The smallest absolute Gasteiger partial charge is 0.135 e. The van der Waals surface area contributed by atoms with Gasteiger partial charge >= 0.3 is 0 Å². The topological polar surface area (TPSA) is 53.1 Å². The molecule has 4 heteroatoms. The first kappa shape index (κ1) is 13.2. The van der Waals surface area contributed by atoms with Gasteiger partial charge in [0, 0.05) is 7.05 Å². The summed E-state index contributed by atoms with van der Waals surface area (Å²) in [6, 6.07) is 9.70. The summed E-state index contributed by atoms with van der Waals surface area (Å²) >= 11 is 0. The Morgan fingerprint density at radius 3 is 2.84 bits per heavy atom. The van der Waals surface area contributed by atoms with Crippen LogP contribution in [0.4, 0.5) is 0 Å². The predicted molar refractivity (Wildman–Crippen MR) is 74.7 cm³/mol. The summed E-state index contributed by atoms with van der Waals surface area (Å²) in [7, 11) is 1.91. The van der Waals surface area contributed by atoms with Gasteiger partial charge in [-0.25, -0.2) is 0 Å². The van der Waals surface area contributed by atoms with Crippen LogP contribution in [0.15, 0.2) is 30.3 Å². The van der Waals surface area contributed by atoms with E-state index in [1.807, 2.05) is 49.0 Å². The number of hydrogen-bond acceptors (Lipinski definition) is 3. The van der Waals surface area contributed by atoms with Crippen LogP contribution in [0.25, 0.3) is 0 Å². The van der Waals surface area contributed by atoms with Crippen LogP contribution in [0, 0.1) is 18.8 Å². The van der Waals surface area contributed by atoms with Crippen molar-refractivity contribution in [2.75, 3.05) is 6.54 Å². The van der Waals surface area contributed by atoms with Crippen LogP contribution in [0.3, 0.4) is 0 Å². The van der Waals surface area contributed by atoms with E-state index in [9.17, 15) is 0 Å². The maximum atomic E-state index is 5.81. The van der Waals surface area contributed by atoms with Crippen LogP contribution in [-0.2, 0) is 13.7 Å². The fraction of sp³-hybridized carbons (Fsp3) is 0.267. The SMILES string of the molecule is Cc1cc(COc2ccccc2C#CCN)n(C)n1. The molecule has 0 radical (unpaired) electrons. The Morgan fingerprint density at radius 2 is 2.16 bits per heavy atom. The van der Waals surface area contributed by atoms with Gasteiger partial charge in [0.05, 0.1) is 23.5 Å². The number of benzene rings is 1. The molecule has 1 heterocycles. The summed E-state index contributed by atoms with van der Waals surface area (Å²) in [5.74, 6) is 6.61. The molecular weight excluding hydrogens is 238 g/mol. The standard InChI is InChI=1S/C15H17N3O/c1-12-10-14(18(2)17-12)11-19-15-8-4-3-6-13(15)7-5-9-16/h3-4,6,8,10H,9,11,16H2,1-2H3. The number of aryl methyl sites for hydroxylation is 2. The highest BCUT2D eigenvalue weighted by Crippen LogP contribution is 2.18. The third kappa shape index (κ3) is 3.36. The zero-order chi connectivity index (χ0) is 13.7. The third-order valence-corrected chi connectivity index (χ3v) is 2.69. The highest BCUT2D eigenvalue weighted by atomic mass is 16.5. The first-order chi connectivity index (χ1) is 9.20. The summed E-state index contributed by atoms with van der Waals surface area (Å²) in [6.07, 6.45) is 0. The zero-order valence-corrected chi connectivity index (χ0v) is 11.2. The quantitative estimate of drug-likeness (QED) is 0.848. The molecule has 2 N–H and O–H groups in total. The number of nitrogens with zero attached hydrogens (tertiary/aromatic N) is 2. The molecule has 0 unspecified atom stereocenters. The molecule has 0 spiro atoms. The van der Waals surface area contributed by atoms with Gasteiger partial charge in [-0.2, -0.15) is 5.10 Å². The molecule has 2 aromatic rings. The molecule has 2 rings (SSSR count). The lowest BCUT2D eigenvalue weighted by Crippen LogP contribution is -2.03. The molecule has 0 atom stereocenters. The summed E-state index contributed by atoms with van der Waals surface area (Å²) in [4.78, 5) is 0. The van der Waals surface area contributed by atoms with Gasteiger partial charge in [-0.05, 0) is 25.1 Å². The third-order valence-electron chi connectivity index (χ3n) is 2.69. The van der Waals surface area contributed by atoms with E-state index < -0.39 is 0 Å². The first-order valence-corrected chi connectivity index (χ1v) is 6.11. The summed E-state index contributed by atoms with van der Waals surface area (Å²) in [5.41, 5.74) is 8.25. The molecule has 0 fully saturated rings. The van der Waals surface area contributed by atoms with Crippen LogP contribution < -0.4 is 10.5 Å². The van der Waals surface area contributed by atoms with Gasteiger partial charge in [-0.3, -0.25) is 4.68 Å². The van der Waals surface area contributed by atoms with Crippen LogP contribution in [0.2, 0.25) is 0 Å². The molecule has 0 saturated carbocycles. The number of hydrogen-bond donors (Lipinski definition) is 1. The van der Waals surface area contributed by atoms with E-state index >= 15 is 0 Å². The second-order valence-electron chi connectivity index (χ2n) is 4.19. The Morgan fingerprint density at radius 1 is 1.37 bits per heavy atom. The second-order valence-corrected chi connectivity index (χ2v) is 4.19. The zero-order valence-electron chi connectivity index (χ0n) is 11.2. The predicted octanol–water partition coefficient (Wildman–Crippen LogP) is 1.62. The van der Waals surface area contributed by atoms with E-state index in [4.69, 9.17) is 10.5 Å². The van der Waals surface area contributed by atoms with Gasteiger partial charge in [0.15, 0.2) is 0 Å². The van der Waals surface area contributed by atoms with Crippen molar-refractivity contribution >= 4 is 0 Å². The highest BCUT2D eigenvalue weighted by Gasteiger charge is 2.05.